The van der Waals surface area contributed by atoms with E-state index < -0.39 is 0 Å². The molecule has 0 spiro atoms. The first kappa shape index (κ1) is 25.7. The molecule has 192 valence electrons. The highest BCUT2D eigenvalue weighted by molar-refractivity contribution is 9.10. The van der Waals surface area contributed by atoms with Crippen LogP contribution in [0.5, 0.6) is 11.5 Å². The fourth-order valence-corrected chi connectivity index (χ4v) is 5.18. The number of aromatic nitrogens is 2. The molecule has 1 aliphatic rings. The van der Waals surface area contributed by atoms with Crippen molar-refractivity contribution in [2.75, 3.05) is 7.11 Å². The summed E-state index contributed by atoms with van der Waals surface area (Å²) >= 11 is 3.46. The van der Waals surface area contributed by atoms with Gasteiger partial charge in [-0.15, -0.1) is 0 Å². The maximum absolute atomic E-state index is 13.5. The number of fused-ring (bicyclic) bond motifs is 1. The molecule has 1 aromatic heterocycles. The summed E-state index contributed by atoms with van der Waals surface area (Å²) in [5.41, 5.74) is 2.63. The van der Waals surface area contributed by atoms with Gasteiger partial charge in [0, 0.05) is 16.0 Å². The monoisotopic (exact) mass is 570 g/mol. The van der Waals surface area contributed by atoms with Crippen LogP contribution in [-0.4, -0.2) is 23.0 Å². The van der Waals surface area contributed by atoms with E-state index in [1.165, 1.54) is 11.1 Å². The van der Waals surface area contributed by atoms with Crippen LogP contribution in [0.15, 0.2) is 75.0 Å². The van der Waals surface area contributed by atoms with Crippen LogP contribution in [-0.2, 0) is 6.61 Å². The van der Waals surface area contributed by atoms with Crippen LogP contribution in [0.4, 0.5) is 0 Å². The van der Waals surface area contributed by atoms with Gasteiger partial charge in [-0.05, 0) is 60.9 Å². The number of nitriles is 1. The normalized spacial score (nSPS) is 14.0. The zero-order valence-electron chi connectivity index (χ0n) is 21.1. The molecule has 1 heterocycles. The molecule has 5 rings (SSSR count). The van der Waals surface area contributed by atoms with E-state index in [0.717, 1.165) is 41.3 Å². The van der Waals surface area contributed by atoms with Gasteiger partial charge < -0.3 is 9.47 Å². The van der Waals surface area contributed by atoms with Gasteiger partial charge in [-0.25, -0.2) is 4.98 Å². The van der Waals surface area contributed by atoms with Crippen LogP contribution in [0.3, 0.4) is 0 Å². The van der Waals surface area contributed by atoms with Gasteiger partial charge in [0.2, 0.25) is 0 Å². The fourth-order valence-electron chi connectivity index (χ4n) is 4.82. The van der Waals surface area contributed by atoms with Gasteiger partial charge in [-0.2, -0.15) is 15.0 Å². The molecule has 0 saturated heterocycles. The maximum Gasteiger partial charge on any atom is 0.282 e. The second-order valence-corrected chi connectivity index (χ2v) is 10.2. The second kappa shape index (κ2) is 11.6. The number of halogens is 1. The lowest BCUT2D eigenvalue weighted by Crippen LogP contribution is -2.25. The third-order valence-electron chi connectivity index (χ3n) is 6.83. The molecule has 1 fully saturated rings. The molecule has 38 heavy (non-hydrogen) atoms. The molecule has 0 N–H and O–H groups in total. The minimum absolute atomic E-state index is 0.184. The minimum atomic E-state index is -0.184. The summed E-state index contributed by atoms with van der Waals surface area (Å²) in [6.45, 7) is 0.242. The Morgan fingerprint density at radius 1 is 1.11 bits per heavy atom. The Bertz CT molecular complexity index is 1600. The van der Waals surface area contributed by atoms with Crippen molar-refractivity contribution in [2.24, 2.45) is 5.10 Å². The van der Waals surface area contributed by atoms with Gasteiger partial charge in [0.25, 0.3) is 5.56 Å². The third kappa shape index (κ3) is 5.48. The molecule has 4 aromatic rings. The summed E-state index contributed by atoms with van der Waals surface area (Å²) in [5.74, 6) is 1.99. The molecular weight excluding hydrogens is 544 g/mol. The van der Waals surface area contributed by atoms with E-state index in [1.807, 2.05) is 42.5 Å². The van der Waals surface area contributed by atoms with Crippen LogP contribution >= 0.6 is 15.9 Å². The molecular formula is C30H27BrN4O3. The molecule has 0 aliphatic heterocycles. The maximum atomic E-state index is 13.5. The Hall–Kier alpha value is -3.96. The van der Waals surface area contributed by atoms with Gasteiger partial charge in [0.15, 0.2) is 11.5 Å². The van der Waals surface area contributed by atoms with Crippen molar-refractivity contribution in [2.45, 2.75) is 44.6 Å². The first-order valence-corrected chi connectivity index (χ1v) is 13.4. The van der Waals surface area contributed by atoms with Crippen LogP contribution in [0.1, 0.15) is 60.5 Å². The van der Waals surface area contributed by atoms with Crippen molar-refractivity contribution < 1.29 is 9.47 Å². The molecule has 1 saturated carbocycles. The van der Waals surface area contributed by atoms with Crippen molar-refractivity contribution >= 4 is 33.0 Å². The summed E-state index contributed by atoms with van der Waals surface area (Å²) in [4.78, 5) is 18.4. The fraction of sp³-hybridized carbons (Fsp3) is 0.267. The highest BCUT2D eigenvalue weighted by atomic mass is 79.9. The van der Waals surface area contributed by atoms with E-state index in [4.69, 9.17) is 14.5 Å². The molecule has 0 amide bonds. The van der Waals surface area contributed by atoms with Gasteiger partial charge in [0.05, 0.1) is 35.9 Å². The van der Waals surface area contributed by atoms with Gasteiger partial charge in [-0.1, -0.05) is 53.4 Å². The minimum Gasteiger partial charge on any atom is -0.493 e. The molecule has 8 heteroatoms. The number of ether oxygens (including phenoxy) is 2. The summed E-state index contributed by atoms with van der Waals surface area (Å²) < 4.78 is 13.8. The lowest BCUT2D eigenvalue weighted by atomic mass is 9.88. The molecule has 0 unspecified atom stereocenters. The van der Waals surface area contributed by atoms with Crippen molar-refractivity contribution in [3.05, 3.63) is 98.0 Å². The van der Waals surface area contributed by atoms with Crippen LogP contribution in [0, 0.1) is 11.3 Å². The Kier molecular flexibility index (Phi) is 7.85. The van der Waals surface area contributed by atoms with Crippen molar-refractivity contribution in [3.63, 3.8) is 0 Å². The predicted molar refractivity (Wildman–Crippen MR) is 151 cm³/mol. The van der Waals surface area contributed by atoms with E-state index in [0.29, 0.717) is 33.8 Å². The number of rotatable bonds is 7. The smallest absolute Gasteiger partial charge is 0.282 e. The number of hydrogen-bond donors (Lipinski definition) is 0. The van der Waals surface area contributed by atoms with E-state index >= 15 is 0 Å². The zero-order valence-corrected chi connectivity index (χ0v) is 22.6. The average Bonchev–Trinajstić information content (AvgIpc) is 2.96. The Morgan fingerprint density at radius 3 is 2.71 bits per heavy atom. The van der Waals surface area contributed by atoms with E-state index in [2.05, 4.69) is 27.1 Å². The molecule has 1 aliphatic carbocycles. The predicted octanol–water partition coefficient (Wildman–Crippen LogP) is 6.55. The molecule has 0 bridgehead atoms. The quantitative estimate of drug-likeness (QED) is 0.235. The van der Waals surface area contributed by atoms with Crippen LogP contribution in [0.25, 0.3) is 10.9 Å². The summed E-state index contributed by atoms with van der Waals surface area (Å²) in [5, 5.41) is 14.5. The molecule has 0 atom stereocenters. The SMILES string of the molecule is COc1cc(C=Nn2c(C3CCCCC3)nc3ccc(Br)cc3c2=O)ccc1OCc1ccccc1C#N. The third-order valence-corrected chi connectivity index (χ3v) is 7.33. The van der Waals surface area contributed by atoms with Gasteiger partial charge in [-0.3, -0.25) is 4.79 Å². The summed E-state index contributed by atoms with van der Waals surface area (Å²) in [6.07, 6.45) is 7.11. The Balaban J connectivity index is 1.46. The van der Waals surface area contributed by atoms with Gasteiger partial charge >= 0.3 is 0 Å². The van der Waals surface area contributed by atoms with Crippen molar-refractivity contribution in [1.29, 1.82) is 5.26 Å². The summed E-state index contributed by atoms with van der Waals surface area (Å²) in [6, 6.07) is 20.6. The highest BCUT2D eigenvalue weighted by Gasteiger charge is 2.22. The number of benzene rings is 3. The number of nitrogens with zero attached hydrogens (tertiary/aromatic N) is 4. The Morgan fingerprint density at radius 2 is 1.92 bits per heavy atom. The van der Waals surface area contributed by atoms with E-state index in [-0.39, 0.29) is 18.1 Å². The standard InChI is InChI=1S/C30H27BrN4O3/c1-37-28-15-20(11-14-27(28)38-19-23-10-6-5-9-22(23)17-32)18-33-35-29(21-7-3-2-4-8-21)34-26-13-12-24(31)16-25(26)30(35)36/h5-6,9-16,18,21H,2-4,7-8,19H2,1H3. The molecule has 0 radical (unpaired) electrons. The lowest BCUT2D eigenvalue weighted by molar-refractivity contribution is 0.284. The lowest BCUT2D eigenvalue weighted by Gasteiger charge is -2.22. The van der Waals surface area contributed by atoms with Gasteiger partial charge in [0.1, 0.15) is 12.4 Å². The Labute approximate surface area is 229 Å². The second-order valence-electron chi connectivity index (χ2n) is 9.30. The van der Waals surface area contributed by atoms with Crippen molar-refractivity contribution in [1.82, 2.24) is 9.66 Å². The molecule has 7 nitrogen and oxygen atoms in total. The topological polar surface area (TPSA) is 89.5 Å². The van der Waals surface area contributed by atoms with E-state index in [9.17, 15) is 10.1 Å². The first-order valence-electron chi connectivity index (χ1n) is 12.6. The average molecular weight is 571 g/mol. The van der Waals surface area contributed by atoms with E-state index in [1.54, 1.807) is 31.5 Å². The highest BCUT2D eigenvalue weighted by Crippen LogP contribution is 2.32. The largest absolute Gasteiger partial charge is 0.493 e. The van der Waals surface area contributed by atoms with Crippen molar-refractivity contribution in [3.8, 4) is 17.6 Å². The van der Waals surface area contributed by atoms with Crippen LogP contribution in [0.2, 0.25) is 0 Å². The molecule has 3 aromatic carbocycles. The van der Waals surface area contributed by atoms with Crippen LogP contribution < -0.4 is 15.0 Å². The first-order chi connectivity index (χ1) is 18.6. The number of hydrogen-bond acceptors (Lipinski definition) is 6. The zero-order chi connectivity index (χ0) is 26.5. The number of methoxy groups -OCH3 is 1. The summed E-state index contributed by atoms with van der Waals surface area (Å²) in [7, 11) is 1.57.